The highest BCUT2D eigenvalue weighted by Gasteiger charge is 2.16. The van der Waals surface area contributed by atoms with E-state index < -0.39 is 11.8 Å². The van der Waals surface area contributed by atoms with Crippen LogP contribution in [0.3, 0.4) is 0 Å². The Morgan fingerprint density at radius 3 is 2.53 bits per heavy atom. The molecule has 1 aromatic carbocycles. The SMILES string of the molecule is CCOC(=O)c1cc(NC(CC)CC)c(F)cc1N. The summed E-state index contributed by atoms with van der Waals surface area (Å²) in [7, 11) is 0. The minimum absolute atomic E-state index is 0.0889. The number of esters is 1. The van der Waals surface area contributed by atoms with E-state index in [4.69, 9.17) is 10.5 Å². The van der Waals surface area contributed by atoms with Crippen molar-refractivity contribution in [3.63, 3.8) is 0 Å². The molecule has 0 aliphatic heterocycles. The molecule has 0 atom stereocenters. The first-order valence-electron chi connectivity index (χ1n) is 6.56. The number of carbonyl (C=O) groups is 1. The van der Waals surface area contributed by atoms with Crippen LogP contribution in [0.2, 0.25) is 0 Å². The predicted molar refractivity (Wildman–Crippen MR) is 74.8 cm³/mol. The van der Waals surface area contributed by atoms with Crippen LogP contribution in [0.25, 0.3) is 0 Å². The highest BCUT2D eigenvalue weighted by Crippen LogP contribution is 2.24. The second-order valence-electron chi connectivity index (χ2n) is 4.30. The summed E-state index contributed by atoms with van der Waals surface area (Å²) in [6.07, 6.45) is 1.74. The Morgan fingerprint density at radius 2 is 2.00 bits per heavy atom. The molecule has 0 saturated carbocycles. The van der Waals surface area contributed by atoms with Gasteiger partial charge in [0, 0.05) is 11.7 Å². The van der Waals surface area contributed by atoms with Crippen LogP contribution in [0.15, 0.2) is 12.1 Å². The van der Waals surface area contributed by atoms with Gasteiger partial charge in [-0.3, -0.25) is 0 Å². The summed E-state index contributed by atoms with van der Waals surface area (Å²) in [5.74, 6) is -0.995. The second-order valence-corrected chi connectivity index (χ2v) is 4.30. The molecule has 0 aliphatic rings. The lowest BCUT2D eigenvalue weighted by Crippen LogP contribution is -2.19. The fourth-order valence-corrected chi connectivity index (χ4v) is 1.80. The molecule has 0 saturated heterocycles. The highest BCUT2D eigenvalue weighted by molar-refractivity contribution is 5.96. The van der Waals surface area contributed by atoms with E-state index in [1.807, 2.05) is 13.8 Å². The predicted octanol–water partition coefficient (Wildman–Crippen LogP) is 3.19. The molecule has 0 fully saturated rings. The van der Waals surface area contributed by atoms with Gasteiger partial charge >= 0.3 is 5.97 Å². The molecule has 106 valence electrons. The topological polar surface area (TPSA) is 64.3 Å². The summed E-state index contributed by atoms with van der Waals surface area (Å²) in [6, 6.07) is 2.73. The normalized spacial score (nSPS) is 10.6. The van der Waals surface area contributed by atoms with Crippen molar-refractivity contribution in [2.24, 2.45) is 0 Å². The number of nitrogens with two attached hydrogens (primary N) is 1. The largest absolute Gasteiger partial charge is 0.462 e. The van der Waals surface area contributed by atoms with Gasteiger partial charge in [0.05, 0.1) is 17.9 Å². The molecule has 4 nitrogen and oxygen atoms in total. The Kier molecular flexibility index (Phi) is 5.60. The number of anilines is 2. The molecule has 0 aromatic heterocycles. The van der Waals surface area contributed by atoms with E-state index in [2.05, 4.69) is 5.32 Å². The lowest BCUT2D eigenvalue weighted by molar-refractivity contribution is 0.0527. The number of carbonyl (C=O) groups excluding carboxylic acids is 1. The molecule has 19 heavy (non-hydrogen) atoms. The molecule has 1 aromatic rings. The van der Waals surface area contributed by atoms with Crippen molar-refractivity contribution < 1.29 is 13.9 Å². The Labute approximate surface area is 113 Å². The number of hydrogen-bond acceptors (Lipinski definition) is 4. The smallest absolute Gasteiger partial charge is 0.340 e. The summed E-state index contributed by atoms with van der Waals surface area (Å²) in [6.45, 7) is 6.00. The fourth-order valence-electron chi connectivity index (χ4n) is 1.80. The van der Waals surface area contributed by atoms with Crippen molar-refractivity contribution in [2.45, 2.75) is 39.7 Å². The maximum Gasteiger partial charge on any atom is 0.340 e. The van der Waals surface area contributed by atoms with Gasteiger partial charge in [0.1, 0.15) is 5.82 Å². The van der Waals surface area contributed by atoms with E-state index in [-0.39, 0.29) is 29.6 Å². The zero-order chi connectivity index (χ0) is 14.4. The summed E-state index contributed by atoms with van der Waals surface area (Å²) in [5, 5.41) is 3.07. The van der Waals surface area contributed by atoms with Gasteiger partial charge < -0.3 is 15.8 Å². The summed E-state index contributed by atoms with van der Waals surface area (Å²) in [5.41, 5.74) is 6.21. The van der Waals surface area contributed by atoms with E-state index in [9.17, 15) is 9.18 Å². The summed E-state index contributed by atoms with van der Waals surface area (Å²) in [4.78, 5) is 11.7. The molecule has 0 amide bonds. The number of hydrogen-bond donors (Lipinski definition) is 2. The maximum absolute atomic E-state index is 13.8. The van der Waals surface area contributed by atoms with E-state index in [0.29, 0.717) is 0 Å². The average molecular weight is 268 g/mol. The first-order chi connectivity index (χ1) is 9.03. The first kappa shape index (κ1) is 15.3. The minimum atomic E-state index is -0.535. The van der Waals surface area contributed by atoms with Crippen LogP contribution in [-0.4, -0.2) is 18.6 Å². The number of nitrogens with one attached hydrogen (secondary N) is 1. The Morgan fingerprint density at radius 1 is 1.37 bits per heavy atom. The van der Waals surface area contributed by atoms with Crippen LogP contribution >= 0.6 is 0 Å². The van der Waals surface area contributed by atoms with Crippen molar-refractivity contribution in [3.8, 4) is 0 Å². The van der Waals surface area contributed by atoms with Gasteiger partial charge in [0.25, 0.3) is 0 Å². The van der Waals surface area contributed by atoms with Crippen LogP contribution < -0.4 is 11.1 Å². The van der Waals surface area contributed by atoms with E-state index in [0.717, 1.165) is 18.9 Å². The van der Waals surface area contributed by atoms with Crippen LogP contribution in [-0.2, 0) is 4.74 Å². The van der Waals surface area contributed by atoms with Crippen LogP contribution in [0.5, 0.6) is 0 Å². The van der Waals surface area contributed by atoms with Crippen molar-refractivity contribution >= 4 is 17.3 Å². The standard InChI is InChI=1S/C14H21FN2O2/c1-4-9(5-2)17-13-7-10(14(18)19-6-3)12(16)8-11(13)15/h7-9,17H,4-6,16H2,1-3H3. The van der Waals surface area contributed by atoms with Gasteiger partial charge in [-0.1, -0.05) is 13.8 Å². The Hall–Kier alpha value is -1.78. The van der Waals surface area contributed by atoms with Crippen molar-refractivity contribution in [1.29, 1.82) is 0 Å². The zero-order valence-corrected chi connectivity index (χ0v) is 11.6. The van der Waals surface area contributed by atoms with Gasteiger partial charge in [-0.05, 0) is 31.9 Å². The molecule has 0 radical (unpaired) electrons. The van der Waals surface area contributed by atoms with E-state index in [1.54, 1.807) is 6.92 Å². The number of halogens is 1. The molecule has 3 N–H and O–H groups in total. The van der Waals surface area contributed by atoms with Gasteiger partial charge in [0.15, 0.2) is 0 Å². The highest BCUT2D eigenvalue weighted by atomic mass is 19.1. The summed E-state index contributed by atoms with van der Waals surface area (Å²) >= 11 is 0. The average Bonchev–Trinajstić information content (AvgIpc) is 2.38. The quantitative estimate of drug-likeness (QED) is 0.614. The lowest BCUT2D eigenvalue weighted by Gasteiger charge is -2.18. The van der Waals surface area contributed by atoms with Gasteiger partial charge in [-0.2, -0.15) is 0 Å². The van der Waals surface area contributed by atoms with Crippen molar-refractivity contribution in [2.75, 3.05) is 17.7 Å². The first-order valence-corrected chi connectivity index (χ1v) is 6.56. The Bertz CT molecular complexity index is 445. The third-order valence-electron chi connectivity index (χ3n) is 2.98. The van der Waals surface area contributed by atoms with Crippen LogP contribution in [0.4, 0.5) is 15.8 Å². The maximum atomic E-state index is 13.8. The lowest BCUT2D eigenvalue weighted by atomic mass is 10.1. The minimum Gasteiger partial charge on any atom is -0.462 e. The number of nitrogen functional groups attached to an aromatic ring is 1. The number of rotatable bonds is 6. The monoisotopic (exact) mass is 268 g/mol. The molecular weight excluding hydrogens is 247 g/mol. The molecule has 0 heterocycles. The molecule has 0 spiro atoms. The second kappa shape index (κ2) is 6.97. The molecule has 0 aliphatic carbocycles. The van der Waals surface area contributed by atoms with E-state index in [1.165, 1.54) is 6.07 Å². The zero-order valence-electron chi connectivity index (χ0n) is 11.6. The van der Waals surface area contributed by atoms with Crippen LogP contribution in [0.1, 0.15) is 44.0 Å². The Balaban J connectivity index is 3.05. The number of benzene rings is 1. The van der Waals surface area contributed by atoms with Gasteiger partial charge in [0.2, 0.25) is 0 Å². The molecule has 0 unspecified atom stereocenters. The molecule has 0 bridgehead atoms. The molecular formula is C14H21FN2O2. The number of ether oxygens (including phenoxy) is 1. The molecule has 1 rings (SSSR count). The summed E-state index contributed by atoms with van der Waals surface area (Å²) < 4.78 is 18.7. The van der Waals surface area contributed by atoms with Gasteiger partial charge in [-0.25, -0.2) is 9.18 Å². The van der Waals surface area contributed by atoms with Crippen LogP contribution in [0, 0.1) is 5.82 Å². The van der Waals surface area contributed by atoms with Gasteiger partial charge in [-0.15, -0.1) is 0 Å². The third-order valence-corrected chi connectivity index (χ3v) is 2.98. The fraction of sp³-hybridized carbons (Fsp3) is 0.500. The molecule has 5 heteroatoms. The third kappa shape index (κ3) is 3.84. The van der Waals surface area contributed by atoms with Crippen molar-refractivity contribution in [3.05, 3.63) is 23.5 Å². The van der Waals surface area contributed by atoms with E-state index >= 15 is 0 Å². The van der Waals surface area contributed by atoms with Crippen molar-refractivity contribution in [1.82, 2.24) is 0 Å².